The lowest BCUT2D eigenvalue weighted by Crippen LogP contribution is -2.37. The number of benzene rings is 1. The Morgan fingerprint density at radius 2 is 2.10 bits per heavy atom. The number of carboxylic acid groups (broad SMARTS) is 1. The van der Waals surface area contributed by atoms with Crippen molar-refractivity contribution in [3.05, 3.63) is 29.3 Å². The van der Waals surface area contributed by atoms with Gasteiger partial charge in [-0.15, -0.1) is 0 Å². The van der Waals surface area contributed by atoms with Crippen molar-refractivity contribution in [2.45, 2.75) is 19.3 Å². The first-order valence-corrected chi connectivity index (χ1v) is 6.37. The summed E-state index contributed by atoms with van der Waals surface area (Å²) in [5.41, 5.74) is -0.234. The van der Waals surface area contributed by atoms with Crippen molar-refractivity contribution < 1.29 is 18.7 Å². The molecule has 1 aliphatic rings. The number of carbonyl (C=O) groups is 1. The van der Waals surface area contributed by atoms with Crippen LogP contribution in [0.25, 0.3) is 0 Å². The molecule has 1 aromatic carbocycles. The number of nitrogens with zero attached hydrogens (tertiary/aromatic N) is 2. The summed E-state index contributed by atoms with van der Waals surface area (Å²) in [6.07, 6.45) is 1.43. The van der Waals surface area contributed by atoms with E-state index in [4.69, 9.17) is 10.4 Å². The highest BCUT2D eigenvalue weighted by molar-refractivity contribution is 5.67. The Hall–Kier alpha value is -2.16. The Morgan fingerprint density at radius 3 is 2.65 bits per heavy atom. The molecular formula is C14H14F2N2O2. The van der Waals surface area contributed by atoms with Crippen LogP contribution < -0.4 is 4.90 Å². The van der Waals surface area contributed by atoms with E-state index in [-0.39, 0.29) is 23.6 Å². The van der Waals surface area contributed by atoms with Crippen molar-refractivity contribution in [3.8, 4) is 6.07 Å². The summed E-state index contributed by atoms with van der Waals surface area (Å²) in [4.78, 5) is 12.3. The summed E-state index contributed by atoms with van der Waals surface area (Å²) in [6.45, 7) is 0.794. The Kier molecular flexibility index (Phi) is 4.18. The molecule has 1 heterocycles. The van der Waals surface area contributed by atoms with Crippen LogP contribution in [0, 0.1) is 28.9 Å². The molecule has 0 aliphatic carbocycles. The molecule has 0 bridgehead atoms. The van der Waals surface area contributed by atoms with Gasteiger partial charge in [0.1, 0.15) is 5.69 Å². The lowest BCUT2D eigenvalue weighted by atomic mass is 9.94. The molecule has 1 saturated heterocycles. The van der Waals surface area contributed by atoms with Crippen molar-refractivity contribution in [2.75, 3.05) is 18.0 Å². The highest BCUT2D eigenvalue weighted by Crippen LogP contribution is 2.30. The summed E-state index contributed by atoms with van der Waals surface area (Å²) >= 11 is 0. The van der Waals surface area contributed by atoms with Crippen molar-refractivity contribution in [3.63, 3.8) is 0 Å². The van der Waals surface area contributed by atoms with Crippen molar-refractivity contribution in [2.24, 2.45) is 5.92 Å². The second-order valence-corrected chi connectivity index (χ2v) is 4.95. The van der Waals surface area contributed by atoms with Gasteiger partial charge in [-0.3, -0.25) is 4.79 Å². The monoisotopic (exact) mass is 280 g/mol. The van der Waals surface area contributed by atoms with E-state index < -0.39 is 17.6 Å². The van der Waals surface area contributed by atoms with Crippen LogP contribution in [0.1, 0.15) is 24.8 Å². The molecule has 4 nitrogen and oxygen atoms in total. The third-order valence-corrected chi connectivity index (χ3v) is 3.44. The lowest BCUT2D eigenvalue weighted by Gasteiger charge is -2.34. The highest BCUT2D eigenvalue weighted by Gasteiger charge is 2.26. The van der Waals surface area contributed by atoms with Crippen LogP contribution >= 0.6 is 0 Å². The minimum absolute atomic E-state index is 0.00395. The Balaban J connectivity index is 2.23. The van der Waals surface area contributed by atoms with Crippen molar-refractivity contribution in [1.29, 1.82) is 5.26 Å². The van der Waals surface area contributed by atoms with E-state index in [9.17, 15) is 13.6 Å². The fourth-order valence-electron chi connectivity index (χ4n) is 2.61. The van der Waals surface area contributed by atoms with Gasteiger partial charge in [0, 0.05) is 19.5 Å². The van der Waals surface area contributed by atoms with E-state index in [2.05, 4.69) is 0 Å². The molecule has 2 rings (SSSR count). The standard InChI is InChI=1S/C14H14F2N2O2/c15-11-4-10(7-17)5-12(16)14(11)18-3-1-2-9(8-18)6-13(19)20/h4-5,9H,1-3,6,8H2,(H,19,20). The van der Waals surface area contributed by atoms with Gasteiger partial charge in [0.2, 0.25) is 0 Å². The van der Waals surface area contributed by atoms with Crippen LogP contribution in [-0.2, 0) is 4.79 Å². The minimum Gasteiger partial charge on any atom is -0.481 e. The van der Waals surface area contributed by atoms with Gasteiger partial charge in [0.15, 0.2) is 11.6 Å². The quantitative estimate of drug-likeness (QED) is 0.924. The number of nitriles is 1. The molecule has 0 spiro atoms. The lowest BCUT2D eigenvalue weighted by molar-refractivity contribution is -0.138. The van der Waals surface area contributed by atoms with E-state index in [1.54, 1.807) is 6.07 Å². The third kappa shape index (κ3) is 3.05. The average molecular weight is 280 g/mol. The van der Waals surface area contributed by atoms with Gasteiger partial charge in [0.05, 0.1) is 11.6 Å². The number of hydrogen-bond donors (Lipinski definition) is 1. The second-order valence-electron chi connectivity index (χ2n) is 4.95. The van der Waals surface area contributed by atoms with Crippen LogP contribution in [-0.4, -0.2) is 24.2 Å². The zero-order valence-electron chi connectivity index (χ0n) is 10.8. The van der Waals surface area contributed by atoms with Gasteiger partial charge < -0.3 is 10.0 Å². The van der Waals surface area contributed by atoms with Crippen molar-refractivity contribution >= 4 is 11.7 Å². The molecule has 106 valence electrons. The molecule has 0 amide bonds. The van der Waals surface area contributed by atoms with E-state index in [1.807, 2.05) is 0 Å². The van der Waals surface area contributed by atoms with Gasteiger partial charge >= 0.3 is 5.97 Å². The van der Waals surface area contributed by atoms with E-state index in [0.717, 1.165) is 18.6 Å². The highest BCUT2D eigenvalue weighted by atomic mass is 19.1. The van der Waals surface area contributed by atoms with Gasteiger partial charge in [0.25, 0.3) is 0 Å². The number of hydrogen-bond acceptors (Lipinski definition) is 3. The van der Waals surface area contributed by atoms with Gasteiger partial charge in [-0.2, -0.15) is 5.26 Å². The summed E-state index contributed by atoms with van der Waals surface area (Å²) in [6, 6.07) is 3.70. The SMILES string of the molecule is N#Cc1cc(F)c(N2CCCC(CC(=O)O)C2)c(F)c1. The maximum atomic E-state index is 13.9. The number of anilines is 1. The predicted molar refractivity (Wildman–Crippen MR) is 68.3 cm³/mol. The molecule has 20 heavy (non-hydrogen) atoms. The van der Waals surface area contributed by atoms with Crippen LogP contribution in [0.2, 0.25) is 0 Å². The van der Waals surface area contributed by atoms with Crippen LogP contribution in [0.4, 0.5) is 14.5 Å². The first-order chi connectivity index (χ1) is 9.51. The molecule has 0 aromatic heterocycles. The molecule has 1 atom stereocenters. The Bertz CT molecular complexity index is 546. The zero-order valence-corrected chi connectivity index (χ0v) is 10.8. The summed E-state index contributed by atoms with van der Waals surface area (Å²) in [5, 5.41) is 17.5. The molecule has 1 fully saturated rings. The number of rotatable bonds is 3. The van der Waals surface area contributed by atoms with E-state index >= 15 is 0 Å². The molecule has 1 aliphatic heterocycles. The van der Waals surface area contributed by atoms with E-state index in [1.165, 1.54) is 4.90 Å². The first kappa shape index (κ1) is 14.3. The fourth-order valence-corrected chi connectivity index (χ4v) is 2.61. The fraction of sp³-hybridized carbons (Fsp3) is 0.429. The van der Waals surface area contributed by atoms with Gasteiger partial charge in [-0.1, -0.05) is 0 Å². The molecule has 0 radical (unpaired) electrons. The molecule has 6 heteroatoms. The summed E-state index contributed by atoms with van der Waals surface area (Å²) in [7, 11) is 0. The molecule has 1 unspecified atom stereocenters. The first-order valence-electron chi connectivity index (χ1n) is 6.37. The topological polar surface area (TPSA) is 64.3 Å². The minimum atomic E-state index is -0.905. The van der Waals surface area contributed by atoms with E-state index in [0.29, 0.717) is 19.5 Å². The average Bonchev–Trinajstić information content (AvgIpc) is 2.37. The number of aliphatic carboxylic acids is 1. The maximum Gasteiger partial charge on any atom is 0.303 e. The Morgan fingerprint density at radius 1 is 1.45 bits per heavy atom. The smallest absolute Gasteiger partial charge is 0.303 e. The number of halogens is 2. The van der Waals surface area contributed by atoms with Crippen LogP contribution in [0.3, 0.4) is 0 Å². The van der Waals surface area contributed by atoms with Crippen LogP contribution in [0.15, 0.2) is 12.1 Å². The summed E-state index contributed by atoms with van der Waals surface area (Å²) in [5.74, 6) is -2.58. The molecule has 1 aromatic rings. The number of piperidine rings is 1. The van der Waals surface area contributed by atoms with Gasteiger partial charge in [-0.05, 0) is 30.9 Å². The molecular weight excluding hydrogens is 266 g/mol. The molecule has 0 saturated carbocycles. The second kappa shape index (κ2) is 5.87. The predicted octanol–water partition coefficient (Wildman–Crippen LogP) is 2.53. The summed E-state index contributed by atoms with van der Waals surface area (Å²) < 4.78 is 27.8. The van der Waals surface area contributed by atoms with Crippen molar-refractivity contribution in [1.82, 2.24) is 0 Å². The molecule has 1 N–H and O–H groups in total. The van der Waals surface area contributed by atoms with Gasteiger partial charge in [-0.25, -0.2) is 8.78 Å². The largest absolute Gasteiger partial charge is 0.481 e. The third-order valence-electron chi connectivity index (χ3n) is 3.44. The number of carboxylic acids is 1. The maximum absolute atomic E-state index is 13.9. The zero-order chi connectivity index (χ0) is 14.7. The normalized spacial score (nSPS) is 18.6. The van der Waals surface area contributed by atoms with Crippen LogP contribution in [0.5, 0.6) is 0 Å². The Labute approximate surface area is 115 Å².